The van der Waals surface area contributed by atoms with E-state index in [0.717, 1.165) is 22.4 Å². The summed E-state index contributed by atoms with van der Waals surface area (Å²) in [4.78, 5) is 16.7. The molecular weight excluding hydrogens is 324 g/mol. The predicted molar refractivity (Wildman–Crippen MR) is 102 cm³/mol. The van der Waals surface area contributed by atoms with Gasteiger partial charge in [-0.15, -0.1) is 0 Å². The van der Waals surface area contributed by atoms with Crippen LogP contribution in [0.4, 0.5) is 0 Å². The van der Waals surface area contributed by atoms with Crippen LogP contribution in [-0.4, -0.2) is 18.0 Å². The van der Waals surface area contributed by atoms with Crippen LogP contribution in [0.5, 0.6) is 5.75 Å². The highest BCUT2D eigenvalue weighted by atomic mass is 16.5. The minimum atomic E-state index is -0.0683. The molecule has 1 atom stereocenters. The highest BCUT2D eigenvalue weighted by molar-refractivity contribution is 5.77. The summed E-state index contributed by atoms with van der Waals surface area (Å²) in [6, 6.07) is 21.7. The first-order valence-corrected chi connectivity index (χ1v) is 8.61. The molecule has 4 heteroatoms. The Bertz CT molecular complexity index is 835. The van der Waals surface area contributed by atoms with Crippen molar-refractivity contribution in [2.45, 2.75) is 18.9 Å². The standard InChI is InChI=1S/C22H22N2O2/c1-26-21-12-6-5-11-19(21)20(18-9-3-2-4-10-18)14-22(25)24-16-17-8-7-13-23-15-17/h2-13,15,20H,14,16H2,1H3,(H,24,25). The lowest BCUT2D eigenvalue weighted by atomic mass is 9.87. The maximum Gasteiger partial charge on any atom is 0.221 e. The van der Waals surface area contributed by atoms with Crippen LogP contribution in [0, 0.1) is 0 Å². The Balaban J connectivity index is 1.79. The van der Waals surface area contributed by atoms with E-state index in [1.165, 1.54) is 0 Å². The summed E-state index contributed by atoms with van der Waals surface area (Å²) >= 11 is 0. The maximum absolute atomic E-state index is 12.6. The number of methoxy groups -OCH3 is 1. The molecular formula is C22H22N2O2. The van der Waals surface area contributed by atoms with Crippen molar-refractivity contribution in [3.63, 3.8) is 0 Å². The van der Waals surface area contributed by atoms with Crippen LogP contribution >= 0.6 is 0 Å². The van der Waals surface area contributed by atoms with Crippen LogP contribution < -0.4 is 10.1 Å². The second kappa shape index (κ2) is 8.81. The number of pyridine rings is 1. The van der Waals surface area contributed by atoms with Gasteiger partial charge >= 0.3 is 0 Å². The van der Waals surface area contributed by atoms with Crippen molar-refractivity contribution >= 4 is 5.91 Å². The third-order valence-corrected chi connectivity index (χ3v) is 4.32. The Hall–Kier alpha value is -3.14. The molecule has 0 aliphatic carbocycles. The molecule has 132 valence electrons. The zero-order valence-electron chi connectivity index (χ0n) is 14.8. The van der Waals surface area contributed by atoms with Crippen molar-refractivity contribution in [3.8, 4) is 5.75 Å². The SMILES string of the molecule is COc1ccccc1C(CC(=O)NCc1cccnc1)c1ccccc1. The number of carbonyl (C=O) groups excluding carboxylic acids is 1. The van der Waals surface area contributed by atoms with E-state index in [0.29, 0.717) is 13.0 Å². The summed E-state index contributed by atoms with van der Waals surface area (Å²) in [7, 11) is 1.66. The lowest BCUT2D eigenvalue weighted by Crippen LogP contribution is -2.25. The molecule has 1 unspecified atom stereocenters. The van der Waals surface area contributed by atoms with Gasteiger partial charge in [0.05, 0.1) is 7.11 Å². The molecule has 3 aromatic rings. The average Bonchev–Trinajstić information content (AvgIpc) is 2.72. The average molecular weight is 346 g/mol. The molecule has 3 rings (SSSR count). The fourth-order valence-electron chi connectivity index (χ4n) is 3.01. The van der Waals surface area contributed by atoms with Crippen molar-refractivity contribution < 1.29 is 9.53 Å². The second-order valence-electron chi connectivity index (χ2n) is 6.05. The van der Waals surface area contributed by atoms with Gasteiger partial charge in [-0.05, 0) is 23.3 Å². The zero-order valence-corrected chi connectivity index (χ0v) is 14.8. The zero-order chi connectivity index (χ0) is 18.2. The molecule has 1 N–H and O–H groups in total. The molecule has 26 heavy (non-hydrogen) atoms. The quantitative estimate of drug-likeness (QED) is 0.705. The van der Waals surface area contributed by atoms with Gasteiger partial charge < -0.3 is 10.1 Å². The first-order valence-electron chi connectivity index (χ1n) is 8.61. The van der Waals surface area contributed by atoms with Crippen LogP contribution in [0.25, 0.3) is 0 Å². The number of rotatable bonds is 7. The van der Waals surface area contributed by atoms with E-state index < -0.39 is 0 Å². The van der Waals surface area contributed by atoms with E-state index in [1.54, 1.807) is 19.5 Å². The van der Waals surface area contributed by atoms with E-state index in [9.17, 15) is 4.79 Å². The number of ether oxygens (including phenoxy) is 1. The maximum atomic E-state index is 12.6. The third-order valence-electron chi connectivity index (χ3n) is 4.32. The minimum Gasteiger partial charge on any atom is -0.496 e. The fourth-order valence-corrected chi connectivity index (χ4v) is 3.01. The summed E-state index contributed by atoms with van der Waals surface area (Å²) < 4.78 is 5.52. The number of nitrogens with one attached hydrogen (secondary N) is 1. The van der Waals surface area contributed by atoms with E-state index in [1.807, 2.05) is 66.7 Å². The fraction of sp³-hybridized carbons (Fsp3) is 0.182. The number of aromatic nitrogens is 1. The Labute approximate surface area is 153 Å². The smallest absolute Gasteiger partial charge is 0.221 e. The lowest BCUT2D eigenvalue weighted by molar-refractivity contribution is -0.121. The van der Waals surface area contributed by atoms with Gasteiger partial charge in [-0.3, -0.25) is 9.78 Å². The van der Waals surface area contributed by atoms with Crippen molar-refractivity contribution in [2.24, 2.45) is 0 Å². The Morgan fingerprint density at radius 3 is 2.54 bits per heavy atom. The summed E-state index contributed by atoms with van der Waals surface area (Å²) in [5, 5.41) is 2.99. The van der Waals surface area contributed by atoms with Crippen molar-refractivity contribution in [2.75, 3.05) is 7.11 Å². The van der Waals surface area contributed by atoms with E-state index in [-0.39, 0.29) is 11.8 Å². The van der Waals surface area contributed by atoms with Gasteiger partial charge in [-0.1, -0.05) is 54.6 Å². The van der Waals surface area contributed by atoms with Gasteiger partial charge in [-0.25, -0.2) is 0 Å². The van der Waals surface area contributed by atoms with Gasteiger partial charge in [0.15, 0.2) is 0 Å². The number of hydrogen-bond donors (Lipinski definition) is 1. The summed E-state index contributed by atoms with van der Waals surface area (Å²) in [5.74, 6) is 0.719. The molecule has 1 aromatic heterocycles. The molecule has 0 bridgehead atoms. The van der Waals surface area contributed by atoms with Crippen molar-refractivity contribution in [1.82, 2.24) is 10.3 Å². The number of para-hydroxylation sites is 1. The molecule has 1 amide bonds. The van der Waals surface area contributed by atoms with Crippen LogP contribution in [0.1, 0.15) is 29.0 Å². The van der Waals surface area contributed by atoms with Crippen LogP contribution in [0.2, 0.25) is 0 Å². The largest absolute Gasteiger partial charge is 0.496 e. The van der Waals surface area contributed by atoms with Gasteiger partial charge in [0.25, 0.3) is 0 Å². The third kappa shape index (κ3) is 4.48. The predicted octanol–water partition coefficient (Wildman–Crippen LogP) is 3.93. The highest BCUT2D eigenvalue weighted by Crippen LogP contribution is 2.34. The van der Waals surface area contributed by atoms with Gasteiger partial charge in [-0.2, -0.15) is 0 Å². The molecule has 0 aliphatic heterocycles. The number of amides is 1. The first kappa shape index (κ1) is 17.7. The Kier molecular flexibility index (Phi) is 5.99. The monoisotopic (exact) mass is 346 g/mol. The molecule has 0 saturated carbocycles. The van der Waals surface area contributed by atoms with Gasteiger partial charge in [0.2, 0.25) is 5.91 Å². The van der Waals surface area contributed by atoms with Crippen LogP contribution in [0.3, 0.4) is 0 Å². The molecule has 1 heterocycles. The molecule has 0 spiro atoms. The molecule has 4 nitrogen and oxygen atoms in total. The summed E-state index contributed by atoms with van der Waals surface area (Å²) in [5.41, 5.74) is 3.08. The van der Waals surface area contributed by atoms with E-state index in [2.05, 4.69) is 10.3 Å². The first-order chi connectivity index (χ1) is 12.8. The van der Waals surface area contributed by atoms with Crippen LogP contribution in [-0.2, 0) is 11.3 Å². The molecule has 2 aromatic carbocycles. The lowest BCUT2D eigenvalue weighted by Gasteiger charge is -2.20. The molecule has 0 fully saturated rings. The minimum absolute atomic E-state index is 0.00591. The normalized spacial score (nSPS) is 11.6. The Morgan fingerprint density at radius 1 is 1.04 bits per heavy atom. The number of hydrogen-bond acceptors (Lipinski definition) is 3. The summed E-state index contributed by atoms with van der Waals surface area (Å²) in [6.45, 7) is 0.472. The molecule has 0 saturated heterocycles. The van der Waals surface area contributed by atoms with E-state index >= 15 is 0 Å². The second-order valence-corrected chi connectivity index (χ2v) is 6.05. The number of benzene rings is 2. The van der Waals surface area contributed by atoms with Crippen LogP contribution in [0.15, 0.2) is 79.1 Å². The van der Waals surface area contributed by atoms with E-state index in [4.69, 9.17) is 4.74 Å². The number of nitrogens with zero attached hydrogens (tertiary/aromatic N) is 1. The van der Waals surface area contributed by atoms with Crippen molar-refractivity contribution in [3.05, 3.63) is 95.8 Å². The number of carbonyl (C=O) groups is 1. The highest BCUT2D eigenvalue weighted by Gasteiger charge is 2.21. The van der Waals surface area contributed by atoms with Gasteiger partial charge in [0, 0.05) is 36.8 Å². The molecule has 0 aliphatic rings. The Morgan fingerprint density at radius 2 is 1.81 bits per heavy atom. The van der Waals surface area contributed by atoms with Crippen molar-refractivity contribution in [1.29, 1.82) is 0 Å². The molecule has 0 radical (unpaired) electrons. The topological polar surface area (TPSA) is 51.2 Å². The van der Waals surface area contributed by atoms with Gasteiger partial charge in [0.1, 0.15) is 5.75 Å². The summed E-state index contributed by atoms with van der Waals surface area (Å²) in [6.07, 6.45) is 3.83.